The van der Waals surface area contributed by atoms with Crippen molar-refractivity contribution in [2.45, 2.75) is 19.8 Å². The van der Waals surface area contributed by atoms with Crippen LogP contribution < -0.4 is 10.6 Å². The van der Waals surface area contributed by atoms with E-state index in [1.54, 1.807) is 0 Å². The SMILES string of the molecule is CC(CCC=N)C1C(=O)NC(=S)NC1=O. The third-order valence-electron chi connectivity index (χ3n) is 2.37. The van der Waals surface area contributed by atoms with Gasteiger partial charge in [-0.3, -0.25) is 9.59 Å². The van der Waals surface area contributed by atoms with Crippen molar-refractivity contribution in [3.05, 3.63) is 0 Å². The van der Waals surface area contributed by atoms with Gasteiger partial charge in [0.1, 0.15) is 5.92 Å². The van der Waals surface area contributed by atoms with Gasteiger partial charge in [-0.25, -0.2) is 0 Å². The molecule has 1 aliphatic heterocycles. The molecule has 0 aromatic heterocycles. The van der Waals surface area contributed by atoms with Crippen molar-refractivity contribution >= 4 is 35.4 Å². The summed E-state index contributed by atoms with van der Waals surface area (Å²) in [6, 6.07) is 0. The molecule has 1 unspecified atom stereocenters. The molecule has 82 valence electrons. The highest BCUT2D eigenvalue weighted by molar-refractivity contribution is 7.80. The van der Waals surface area contributed by atoms with E-state index in [1.807, 2.05) is 6.92 Å². The van der Waals surface area contributed by atoms with Crippen LogP contribution in [0, 0.1) is 17.2 Å². The van der Waals surface area contributed by atoms with Crippen molar-refractivity contribution in [2.24, 2.45) is 11.8 Å². The number of amides is 2. The van der Waals surface area contributed by atoms with Crippen molar-refractivity contribution < 1.29 is 9.59 Å². The maximum Gasteiger partial charge on any atom is 0.238 e. The van der Waals surface area contributed by atoms with Crippen LogP contribution in [0.3, 0.4) is 0 Å². The largest absolute Gasteiger partial charge is 0.313 e. The van der Waals surface area contributed by atoms with Crippen LogP contribution >= 0.6 is 12.2 Å². The van der Waals surface area contributed by atoms with Crippen molar-refractivity contribution in [2.75, 3.05) is 0 Å². The molecule has 0 aromatic rings. The summed E-state index contributed by atoms with van der Waals surface area (Å²) < 4.78 is 0. The van der Waals surface area contributed by atoms with Gasteiger partial charge in [-0.2, -0.15) is 0 Å². The standard InChI is InChI=1S/C9H13N3O2S/c1-5(3-2-4-10)6-7(13)11-9(15)12-8(6)14/h4-6,10H,2-3H2,1H3,(H2,11,12,13,14,15). The molecule has 15 heavy (non-hydrogen) atoms. The Bertz CT molecular complexity index is 296. The number of hydrogen-bond acceptors (Lipinski definition) is 4. The minimum atomic E-state index is -0.698. The summed E-state index contributed by atoms with van der Waals surface area (Å²) in [4.78, 5) is 23.0. The first-order valence-corrected chi connectivity index (χ1v) is 5.11. The molecule has 6 heteroatoms. The zero-order valence-corrected chi connectivity index (χ0v) is 9.19. The van der Waals surface area contributed by atoms with E-state index in [-0.39, 0.29) is 22.8 Å². The second-order valence-electron chi connectivity index (χ2n) is 3.54. The van der Waals surface area contributed by atoms with Gasteiger partial charge in [0.2, 0.25) is 11.8 Å². The second-order valence-corrected chi connectivity index (χ2v) is 3.95. The minimum Gasteiger partial charge on any atom is -0.313 e. The van der Waals surface area contributed by atoms with E-state index in [2.05, 4.69) is 22.9 Å². The molecule has 1 saturated heterocycles. The molecule has 1 rings (SSSR count). The first kappa shape index (κ1) is 11.8. The number of nitrogens with one attached hydrogen (secondary N) is 3. The molecule has 2 amide bonds. The monoisotopic (exact) mass is 227 g/mol. The fourth-order valence-corrected chi connectivity index (χ4v) is 1.76. The van der Waals surface area contributed by atoms with Crippen LogP contribution in [-0.4, -0.2) is 23.1 Å². The lowest BCUT2D eigenvalue weighted by molar-refractivity contribution is -0.137. The summed E-state index contributed by atoms with van der Waals surface area (Å²) in [5, 5.41) is 11.8. The summed E-state index contributed by atoms with van der Waals surface area (Å²) in [5.41, 5.74) is 0. The summed E-state index contributed by atoms with van der Waals surface area (Å²) in [5.74, 6) is -1.48. The normalized spacial score (nSPS) is 19.4. The molecule has 5 nitrogen and oxygen atoms in total. The Morgan fingerprint density at radius 3 is 2.47 bits per heavy atom. The Morgan fingerprint density at radius 1 is 1.47 bits per heavy atom. The summed E-state index contributed by atoms with van der Waals surface area (Å²) >= 11 is 4.69. The molecule has 0 radical (unpaired) electrons. The highest BCUT2D eigenvalue weighted by Gasteiger charge is 2.36. The maximum atomic E-state index is 11.5. The van der Waals surface area contributed by atoms with Crippen molar-refractivity contribution in [3.8, 4) is 0 Å². The third kappa shape index (κ3) is 2.82. The van der Waals surface area contributed by atoms with E-state index in [4.69, 9.17) is 5.41 Å². The van der Waals surface area contributed by atoms with E-state index in [0.717, 1.165) is 0 Å². The quantitative estimate of drug-likeness (QED) is 0.364. The topological polar surface area (TPSA) is 82.1 Å². The van der Waals surface area contributed by atoms with Crippen molar-refractivity contribution in [1.82, 2.24) is 10.6 Å². The molecule has 0 saturated carbocycles. The van der Waals surface area contributed by atoms with Crippen LogP contribution in [0.2, 0.25) is 0 Å². The Balaban J connectivity index is 2.66. The van der Waals surface area contributed by atoms with Crippen LogP contribution in [0.25, 0.3) is 0 Å². The lowest BCUT2D eigenvalue weighted by Crippen LogP contribution is -2.57. The molecule has 0 spiro atoms. The Morgan fingerprint density at radius 2 is 2.00 bits per heavy atom. The van der Waals surface area contributed by atoms with Gasteiger partial charge in [0, 0.05) is 0 Å². The first-order chi connectivity index (χ1) is 7.06. The highest BCUT2D eigenvalue weighted by atomic mass is 32.1. The molecule has 0 aliphatic carbocycles. The first-order valence-electron chi connectivity index (χ1n) is 4.71. The predicted molar refractivity (Wildman–Crippen MR) is 59.6 cm³/mol. The fourth-order valence-electron chi connectivity index (χ4n) is 1.56. The fraction of sp³-hybridized carbons (Fsp3) is 0.556. The zero-order valence-electron chi connectivity index (χ0n) is 8.37. The van der Waals surface area contributed by atoms with Crippen LogP contribution in [-0.2, 0) is 9.59 Å². The van der Waals surface area contributed by atoms with Gasteiger partial charge in [-0.1, -0.05) is 6.92 Å². The Kier molecular flexibility index (Phi) is 3.90. The van der Waals surface area contributed by atoms with E-state index >= 15 is 0 Å². The second kappa shape index (κ2) is 4.97. The van der Waals surface area contributed by atoms with Crippen LogP contribution in [0.1, 0.15) is 19.8 Å². The molecule has 3 N–H and O–H groups in total. The smallest absolute Gasteiger partial charge is 0.238 e. The van der Waals surface area contributed by atoms with Crippen molar-refractivity contribution in [1.29, 1.82) is 5.41 Å². The molecule has 1 aliphatic rings. The molecule has 0 aromatic carbocycles. The number of hydrogen-bond donors (Lipinski definition) is 3. The predicted octanol–water partition coefficient (Wildman–Crippen LogP) is 0.199. The van der Waals surface area contributed by atoms with Crippen molar-refractivity contribution in [3.63, 3.8) is 0 Å². The molecule has 1 heterocycles. The van der Waals surface area contributed by atoms with Gasteiger partial charge in [0.15, 0.2) is 5.11 Å². The molecular weight excluding hydrogens is 214 g/mol. The number of thiocarbonyl (C=S) groups is 1. The Hall–Kier alpha value is -1.30. The molecule has 1 atom stereocenters. The maximum absolute atomic E-state index is 11.5. The molecule has 0 bridgehead atoms. The average Bonchev–Trinajstić information content (AvgIpc) is 2.12. The van der Waals surface area contributed by atoms with E-state index in [1.165, 1.54) is 6.21 Å². The average molecular weight is 227 g/mol. The van der Waals surface area contributed by atoms with Gasteiger partial charge in [-0.05, 0) is 37.2 Å². The van der Waals surface area contributed by atoms with Gasteiger partial charge >= 0.3 is 0 Å². The number of carbonyl (C=O) groups is 2. The van der Waals surface area contributed by atoms with Gasteiger partial charge < -0.3 is 16.0 Å². The summed E-state index contributed by atoms with van der Waals surface area (Å²) in [6.07, 6.45) is 2.49. The molecule has 1 fully saturated rings. The highest BCUT2D eigenvalue weighted by Crippen LogP contribution is 2.19. The van der Waals surface area contributed by atoms with Crippen LogP contribution in [0.15, 0.2) is 0 Å². The zero-order chi connectivity index (χ0) is 11.4. The summed E-state index contributed by atoms with van der Waals surface area (Å²) in [6.45, 7) is 1.82. The van der Waals surface area contributed by atoms with Gasteiger partial charge in [0.25, 0.3) is 0 Å². The van der Waals surface area contributed by atoms with E-state index < -0.39 is 5.92 Å². The lowest BCUT2D eigenvalue weighted by atomic mass is 9.88. The van der Waals surface area contributed by atoms with Crippen LogP contribution in [0.5, 0.6) is 0 Å². The molecular formula is C9H13N3O2S. The van der Waals surface area contributed by atoms with Crippen LogP contribution in [0.4, 0.5) is 0 Å². The van der Waals surface area contributed by atoms with Gasteiger partial charge in [-0.15, -0.1) is 0 Å². The van der Waals surface area contributed by atoms with E-state index in [0.29, 0.717) is 12.8 Å². The van der Waals surface area contributed by atoms with E-state index in [9.17, 15) is 9.59 Å². The van der Waals surface area contributed by atoms with Gasteiger partial charge in [0.05, 0.1) is 0 Å². The number of carbonyl (C=O) groups excluding carboxylic acids is 2. The third-order valence-corrected chi connectivity index (χ3v) is 2.58. The summed E-state index contributed by atoms with van der Waals surface area (Å²) in [7, 11) is 0. The lowest BCUT2D eigenvalue weighted by Gasteiger charge is -2.26. The number of rotatable bonds is 4. The minimum absolute atomic E-state index is 0.0699. The Labute approximate surface area is 93.1 Å².